The predicted molar refractivity (Wildman–Crippen MR) is 101 cm³/mol. The van der Waals surface area contributed by atoms with Gasteiger partial charge in [-0.2, -0.15) is 13.2 Å². The fraction of sp³-hybridized carbons (Fsp3) is 0.562. The number of nitrogens with zero attached hydrogens (tertiary/aromatic N) is 1. The van der Waals surface area contributed by atoms with Crippen molar-refractivity contribution < 1.29 is 22.3 Å². The Bertz CT molecular complexity index is 551. The van der Waals surface area contributed by atoms with E-state index in [1.807, 2.05) is 13.8 Å². The van der Waals surface area contributed by atoms with E-state index in [-0.39, 0.29) is 36.1 Å². The number of halogens is 5. The van der Waals surface area contributed by atoms with Crippen LogP contribution < -0.4 is 10.6 Å². The van der Waals surface area contributed by atoms with Gasteiger partial charge in [0, 0.05) is 26.7 Å². The van der Waals surface area contributed by atoms with Gasteiger partial charge in [0.05, 0.1) is 12.2 Å². The Morgan fingerprint density at radius 1 is 1.24 bits per heavy atom. The highest BCUT2D eigenvalue weighted by atomic mass is 127. The standard InChI is InChI=1S/C16H23F4N3O.HI/c1-11(2)10-24-7-6-22-15(21-3)23-9-12-4-5-13(17)8-14(12)16(18,19)20;/h4-5,8,11H,6-7,9-10H2,1-3H3,(H2,21,22,23);1H. The van der Waals surface area contributed by atoms with Crippen LogP contribution in [0.5, 0.6) is 0 Å². The van der Waals surface area contributed by atoms with Crippen LogP contribution in [0, 0.1) is 11.7 Å². The molecule has 0 saturated heterocycles. The number of benzene rings is 1. The number of rotatable bonds is 7. The monoisotopic (exact) mass is 477 g/mol. The largest absolute Gasteiger partial charge is 0.416 e. The molecule has 1 rings (SSSR count). The van der Waals surface area contributed by atoms with Crippen LogP contribution in [-0.4, -0.2) is 32.8 Å². The first-order valence-electron chi connectivity index (χ1n) is 7.62. The Morgan fingerprint density at radius 2 is 1.92 bits per heavy atom. The van der Waals surface area contributed by atoms with E-state index in [4.69, 9.17) is 4.74 Å². The molecule has 0 fully saturated rings. The maximum Gasteiger partial charge on any atom is 0.416 e. The lowest BCUT2D eigenvalue weighted by molar-refractivity contribution is -0.138. The Labute approximate surface area is 162 Å². The fourth-order valence-corrected chi connectivity index (χ4v) is 1.93. The molecule has 2 N–H and O–H groups in total. The maximum atomic E-state index is 13.1. The summed E-state index contributed by atoms with van der Waals surface area (Å²) in [6.07, 6.45) is -4.61. The van der Waals surface area contributed by atoms with Crippen molar-refractivity contribution in [3.05, 3.63) is 35.1 Å². The van der Waals surface area contributed by atoms with Crippen LogP contribution in [0.25, 0.3) is 0 Å². The number of hydrogen-bond donors (Lipinski definition) is 2. The van der Waals surface area contributed by atoms with Gasteiger partial charge >= 0.3 is 6.18 Å². The smallest absolute Gasteiger partial charge is 0.379 e. The van der Waals surface area contributed by atoms with Gasteiger partial charge in [-0.15, -0.1) is 24.0 Å². The molecule has 1 aromatic carbocycles. The third-order valence-electron chi connectivity index (χ3n) is 3.04. The highest BCUT2D eigenvalue weighted by Gasteiger charge is 2.33. The minimum absolute atomic E-state index is 0. The van der Waals surface area contributed by atoms with Crippen molar-refractivity contribution in [1.82, 2.24) is 10.6 Å². The molecule has 0 aliphatic carbocycles. The molecule has 0 spiro atoms. The molecule has 0 radical (unpaired) electrons. The minimum Gasteiger partial charge on any atom is -0.379 e. The Kier molecular flexibility index (Phi) is 11.0. The molecule has 0 aromatic heterocycles. The minimum atomic E-state index is -4.61. The van der Waals surface area contributed by atoms with Crippen molar-refractivity contribution in [3.8, 4) is 0 Å². The van der Waals surface area contributed by atoms with E-state index in [0.29, 0.717) is 37.7 Å². The molecule has 9 heteroatoms. The van der Waals surface area contributed by atoms with Gasteiger partial charge in [-0.3, -0.25) is 4.99 Å². The second-order valence-electron chi connectivity index (χ2n) is 5.62. The van der Waals surface area contributed by atoms with Crippen molar-refractivity contribution in [2.75, 3.05) is 26.8 Å². The number of hydrogen-bond acceptors (Lipinski definition) is 2. The Balaban J connectivity index is 0.00000576. The lowest BCUT2D eigenvalue weighted by Gasteiger charge is -2.16. The topological polar surface area (TPSA) is 45.7 Å². The SMILES string of the molecule is CN=C(NCCOCC(C)C)NCc1ccc(F)cc1C(F)(F)F.I. The summed E-state index contributed by atoms with van der Waals surface area (Å²) in [6.45, 7) is 5.52. The molecule has 0 atom stereocenters. The molecule has 0 aliphatic rings. The molecule has 0 amide bonds. The average molecular weight is 477 g/mol. The van der Waals surface area contributed by atoms with Gasteiger partial charge in [-0.05, 0) is 23.6 Å². The number of alkyl halides is 3. The summed E-state index contributed by atoms with van der Waals surface area (Å²) < 4.78 is 57.3. The summed E-state index contributed by atoms with van der Waals surface area (Å²) in [5.41, 5.74) is -1.05. The third kappa shape index (κ3) is 9.24. The van der Waals surface area contributed by atoms with Crippen LogP contribution in [0.1, 0.15) is 25.0 Å². The van der Waals surface area contributed by atoms with Gasteiger partial charge in [0.1, 0.15) is 5.82 Å². The number of nitrogens with one attached hydrogen (secondary N) is 2. The molecule has 0 aliphatic heterocycles. The summed E-state index contributed by atoms with van der Waals surface area (Å²) >= 11 is 0. The van der Waals surface area contributed by atoms with E-state index in [1.165, 1.54) is 7.05 Å². The van der Waals surface area contributed by atoms with Gasteiger partial charge in [0.25, 0.3) is 0 Å². The predicted octanol–water partition coefficient (Wildman–Crippen LogP) is 3.80. The lowest BCUT2D eigenvalue weighted by atomic mass is 10.1. The van der Waals surface area contributed by atoms with Gasteiger partial charge < -0.3 is 15.4 Å². The van der Waals surface area contributed by atoms with Gasteiger partial charge in [-0.25, -0.2) is 4.39 Å². The van der Waals surface area contributed by atoms with E-state index in [1.54, 1.807) is 0 Å². The summed E-state index contributed by atoms with van der Waals surface area (Å²) in [4.78, 5) is 3.93. The second-order valence-corrected chi connectivity index (χ2v) is 5.62. The molecule has 0 unspecified atom stereocenters. The van der Waals surface area contributed by atoms with Crippen LogP contribution in [0.15, 0.2) is 23.2 Å². The highest BCUT2D eigenvalue weighted by molar-refractivity contribution is 14.0. The zero-order valence-electron chi connectivity index (χ0n) is 14.4. The zero-order chi connectivity index (χ0) is 18.2. The molecule has 0 heterocycles. The number of guanidine groups is 1. The highest BCUT2D eigenvalue weighted by Crippen LogP contribution is 2.32. The van der Waals surface area contributed by atoms with E-state index in [2.05, 4.69) is 15.6 Å². The van der Waals surface area contributed by atoms with Crippen LogP contribution >= 0.6 is 24.0 Å². The van der Waals surface area contributed by atoms with Gasteiger partial charge in [0.2, 0.25) is 0 Å². The van der Waals surface area contributed by atoms with Crippen molar-refractivity contribution in [3.63, 3.8) is 0 Å². The van der Waals surface area contributed by atoms with Crippen molar-refractivity contribution in [2.45, 2.75) is 26.6 Å². The molecular formula is C16H24F4IN3O. The van der Waals surface area contributed by atoms with E-state index in [9.17, 15) is 17.6 Å². The summed E-state index contributed by atoms with van der Waals surface area (Å²) in [5.74, 6) is -0.141. The van der Waals surface area contributed by atoms with Crippen LogP contribution in [-0.2, 0) is 17.5 Å². The molecule has 0 saturated carbocycles. The zero-order valence-corrected chi connectivity index (χ0v) is 16.7. The van der Waals surface area contributed by atoms with Crippen LogP contribution in [0.2, 0.25) is 0 Å². The fourth-order valence-electron chi connectivity index (χ4n) is 1.93. The third-order valence-corrected chi connectivity index (χ3v) is 3.04. The van der Waals surface area contributed by atoms with Crippen LogP contribution in [0.4, 0.5) is 17.6 Å². The second kappa shape index (κ2) is 11.5. The van der Waals surface area contributed by atoms with E-state index >= 15 is 0 Å². The quantitative estimate of drug-likeness (QED) is 0.207. The van der Waals surface area contributed by atoms with Crippen molar-refractivity contribution in [1.29, 1.82) is 0 Å². The first-order valence-corrected chi connectivity index (χ1v) is 7.62. The molecular weight excluding hydrogens is 453 g/mol. The Morgan fingerprint density at radius 3 is 2.48 bits per heavy atom. The normalized spacial score (nSPS) is 12.1. The summed E-state index contributed by atoms with van der Waals surface area (Å²) in [6, 6.07) is 2.61. The molecule has 144 valence electrons. The average Bonchev–Trinajstić information content (AvgIpc) is 2.49. The molecule has 0 bridgehead atoms. The van der Waals surface area contributed by atoms with Crippen molar-refractivity contribution in [2.24, 2.45) is 10.9 Å². The Hall–Kier alpha value is -1.10. The van der Waals surface area contributed by atoms with E-state index < -0.39 is 17.6 Å². The first kappa shape index (κ1) is 23.9. The molecule has 1 aromatic rings. The summed E-state index contributed by atoms with van der Waals surface area (Å²) in [5, 5.41) is 5.72. The molecule has 25 heavy (non-hydrogen) atoms. The van der Waals surface area contributed by atoms with Gasteiger partial charge in [-0.1, -0.05) is 19.9 Å². The number of aliphatic imine (C=N–C) groups is 1. The van der Waals surface area contributed by atoms with Crippen LogP contribution in [0.3, 0.4) is 0 Å². The van der Waals surface area contributed by atoms with E-state index in [0.717, 1.165) is 12.1 Å². The van der Waals surface area contributed by atoms with Gasteiger partial charge in [0.15, 0.2) is 5.96 Å². The maximum absolute atomic E-state index is 13.1. The lowest BCUT2D eigenvalue weighted by Crippen LogP contribution is -2.39. The van der Waals surface area contributed by atoms with Crippen molar-refractivity contribution >= 4 is 29.9 Å². The summed E-state index contributed by atoms with van der Waals surface area (Å²) in [7, 11) is 1.51. The number of ether oxygens (including phenoxy) is 1. The molecule has 4 nitrogen and oxygen atoms in total. The first-order chi connectivity index (χ1) is 11.2.